The van der Waals surface area contributed by atoms with Gasteiger partial charge in [0.2, 0.25) is 5.91 Å². The molecule has 0 saturated carbocycles. The molecule has 1 aliphatic heterocycles. The Labute approximate surface area is 162 Å². The van der Waals surface area contributed by atoms with E-state index < -0.39 is 0 Å². The highest BCUT2D eigenvalue weighted by atomic mass is 16.2. The lowest BCUT2D eigenvalue weighted by Crippen LogP contribution is -2.32. The molecule has 2 aromatic carbocycles. The summed E-state index contributed by atoms with van der Waals surface area (Å²) in [4.78, 5) is 16.9. The van der Waals surface area contributed by atoms with E-state index in [4.69, 9.17) is 0 Å². The molecule has 1 amide bonds. The molecule has 0 unspecified atom stereocenters. The van der Waals surface area contributed by atoms with E-state index >= 15 is 0 Å². The SMILES string of the molecule is C[C@@H](Nc1ccc(N2CCCCC2)cc1)C(=O)Nc1ccc(N(C)C)cc1. The number of piperidine rings is 1. The number of hydrogen-bond donors (Lipinski definition) is 2. The number of nitrogens with one attached hydrogen (secondary N) is 2. The van der Waals surface area contributed by atoms with Crippen LogP contribution in [-0.2, 0) is 4.79 Å². The molecule has 5 nitrogen and oxygen atoms in total. The number of nitrogens with zero attached hydrogens (tertiary/aromatic N) is 2. The lowest BCUT2D eigenvalue weighted by atomic mass is 10.1. The molecule has 0 bridgehead atoms. The highest BCUT2D eigenvalue weighted by molar-refractivity contribution is 5.96. The summed E-state index contributed by atoms with van der Waals surface area (Å²) in [5.41, 5.74) is 4.13. The summed E-state index contributed by atoms with van der Waals surface area (Å²) < 4.78 is 0. The summed E-state index contributed by atoms with van der Waals surface area (Å²) in [5, 5.41) is 6.25. The molecule has 2 aromatic rings. The zero-order chi connectivity index (χ0) is 19.2. The van der Waals surface area contributed by atoms with Gasteiger partial charge in [-0.25, -0.2) is 0 Å². The lowest BCUT2D eigenvalue weighted by molar-refractivity contribution is -0.116. The average molecular weight is 367 g/mol. The van der Waals surface area contributed by atoms with Gasteiger partial charge in [-0.2, -0.15) is 0 Å². The molecule has 1 atom stereocenters. The van der Waals surface area contributed by atoms with Gasteiger partial charge in [0.15, 0.2) is 0 Å². The van der Waals surface area contributed by atoms with Crippen molar-refractivity contribution < 1.29 is 4.79 Å². The summed E-state index contributed by atoms with van der Waals surface area (Å²) in [6.07, 6.45) is 3.88. The monoisotopic (exact) mass is 366 g/mol. The van der Waals surface area contributed by atoms with Crippen molar-refractivity contribution in [2.75, 3.05) is 47.6 Å². The molecule has 0 radical (unpaired) electrons. The van der Waals surface area contributed by atoms with Gasteiger partial charge >= 0.3 is 0 Å². The van der Waals surface area contributed by atoms with Crippen LogP contribution in [0.25, 0.3) is 0 Å². The van der Waals surface area contributed by atoms with Crippen molar-refractivity contribution in [3.63, 3.8) is 0 Å². The number of benzene rings is 2. The number of amides is 1. The predicted octanol–water partition coefficient (Wildman–Crippen LogP) is 4.18. The molecule has 5 heteroatoms. The van der Waals surface area contributed by atoms with E-state index in [1.54, 1.807) is 0 Å². The van der Waals surface area contributed by atoms with Crippen molar-refractivity contribution in [3.05, 3.63) is 48.5 Å². The maximum atomic E-state index is 12.5. The van der Waals surface area contributed by atoms with Gasteiger partial charge < -0.3 is 20.4 Å². The lowest BCUT2D eigenvalue weighted by Gasteiger charge is -2.29. The van der Waals surface area contributed by atoms with E-state index in [1.807, 2.05) is 50.2 Å². The van der Waals surface area contributed by atoms with Gasteiger partial charge in [-0.1, -0.05) is 0 Å². The Morgan fingerprint density at radius 3 is 2.11 bits per heavy atom. The molecule has 0 aliphatic carbocycles. The number of rotatable bonds is 6. The largest absolute Gasteiger partial charge is 0.378 e. The molecule has 2 N–H and O–H groups in total. The summed E-state index contributed by atoms with van der Waals surface area (Å²) >= 11 is 0. The van der Waals surface area contributed by atoms with Gasteiger partial charge in [0.1, 0.15) is 6.04 Å². The quantitative estimate of drug-likeness (QED) is 0.805. The molecule has 1 heterocycles. The fraction of sp³-hybridized carbons (Fsp3) is 0.409. The summed E-state index contributed by atoms with van der Waals surface area (Å²) in [7, 11) is 3.99. The van der Waals surface area contributed by atoms with Crippen molar-refractivity contribution in [1.29, 1.82) is 0 Å². The summed E-state index contributed by atoms with van der Waals surface area (Å²) in [5.74, 6) is -0.0484. The van der Waals surface area contributed by atoms with Crippen LogP contribution in [-0.4, -0.2) is 39.1 Å². The standard InChI is InChI=1S/C22H30N4O/c1-17(22(27)24-19-7-11-20(12-8-19)25(2)3)23-18-9-13-21(14-10-18)26-15-5-4-6-16-26/h7-14,17,23H,4-6,15-16H2,1-3H3,(H,24,27)/t17-/m1/s1. The zero-order valence-corrected chi connectivity index (χ0v) is 16.5. The van der Waals surface area contributed by atoms with Crippen LogP contribution < -0.4 is 20.4 Å². The maximum Gasteiger partial charge on any atom is 0.246 e. The summed E-state index contributed by atoms with van der Waals surface area (Å²) in [6.45, 7) is 4.15. The van der Waals surface area contributed by atoms with Crippen molar-refractivity contribution >= 4 is 28.7 Å². The predicted molar refractivity (Wildman–Crippen MR) is 115 cm³/mol. The molecule has 1 saturated heterocycles. The van der Waals surface area contributed by atoms with Gasteiger partial charge in [0.25, 0.3) is 0 Å². The average Bonchev–Trinajstić information content (AvgIpc) is 2.69. The van der Waals surface area contributed by atoms with Crippen LogP contribution in [0.5, 0.6) is 0 Å². The first kappa shape index (κ1) is 19.1. The molecule has 1 aliphatic rings. The van der Waals surface area contributed by atoms with E-state index in [2.05, 4.69) is 39.8 Å². The second-order valence-electron chi connectivity index (χ2n) is 7.39. The van der Waals surface area contributed by atoms with Crippen LogP contribution in [0, 0.1) is 0 Å². The molecule has 1 fully saturated rings. The minimum Gasteiger partial charge on any atom is -0.378 e. The zero-order valence-electron chi connectivity index (χ0n) is 16.5. The van der Waals surface area contributed by atoms with E-state index in [0.29, 0.717) is 0 Å². The fourth-order valence-corrected chi connectivity index (χ4v) is 3.33. The second-order valence-corrected chi connectivity index (χ2v) is 7.39. The van der Waals surface area contributed by atoms with Gasteiger partial charge in [0.05, 0.1) is 0 Å². The van der Waals surface area contributed by atoms with Gasteiger partial charge in [-0.3, -0.25) is 4.79 Å². The minimum absolute atomic E-state index is 0.0484. The maximum absolute atomic E-state index is 12.5. The highest BCUT2D eigenvalue weighted by Crippen LogP contribution is 2.22. The molecule has 0 spiro atoms. The minimum atomic E-state index is -0.320. The van der Waals surface area contributed by atoms with Crippen LogP contribution in [0.1, 0.15) is 26.2 Å². The Hall–Kier alpha value is -2.69. The Bertz CT molecular complexity index is 734. The normalized spacial score (nSPS) is 15.1. The topological polar surface area (TPSA) is 47.6 Å². The van der Waals surface area contributed by atoms with Crippen LogP contribution in [0.3, 0.4) is 0 Å². The smallest absolute Gasteiger partial charge is 0.246 e. The number of anilines is 4. The molecule has 27 heavy (non-hydrogen) atoms. The Morgan fingerprint density at radius 1 is 0.926 bits per heavy atom. The van der Waals surface area contributed by atoms with E-state index in [9.17, 15) is 4.79 Å². The van der Waals surface area contributed by atoms with E-state index in [1.165, 1.54) is 24.9 Å². The Morgan fingerprint density at radius 2 is 1.52 bits per heavy atom. The second kappa shape index (κ2) is 8.80. The number of carbonyl (C=O) groups is 1. The Kier molecular flexibility index (Phi) is 6.22. The van der Waals surface area contributed by atoms with Gasteiger partial charge in [-0.15, -0.1) is 0 Å². The van der Waals surface area contributed by atoms with Crippen molar-refractivity contribution in [1.82, 2.24) is 0 Å². The first-order chi connectivity index (χ1) is 13.0. The molecular formula is C22H30N4O. The fourth-order valence-electron chi connectivity index (χ4n) is 3.33. The van der Waals surface area contributed by atoms with Gasteiger partial charge in [0, 0.05) is 49.9 Å². The molecule has 0 aromatic heterocycles. The third kappa shape index (κ3) is 5.16. The molecular weight excluding hydrogens is 336 g/mol. The number of hydrogen-bond acceptors (Lipinski definition) is 4. The van der Waals surface area contributed by atoms with Crippen LogP contribution >= 0.6 is 0 Å². The van der Waals surface area contributed by atoms with Crippen molar-refractivity contribution in [2.24, 2.45) is 0 Å². The van der Waals surface area contributed by atoms with Crippen LogP contribution in [0.15, 0.2) is 48.5 Å². The highest BCUT2D eigenvalue weighted by Gasteiger charge is 2.14. The van der Waals surface area contributed by atoms with Crippen LogP contribution in [0.2, 0.25) is 0 Å². The first-order valence-electron chi connectivity index (χ1n) is 9.73. The first-order valence-corrected chi connectivity index (χ1v) is 9.73. The Balaban J connectivity index is 1.54. The number of carbonyl (C=O) groups excluding carboxylic acids is 1. The van der Waals surface area contributed by atoms with Crippen LogP contribution in [0.4, 0.5) is 22.7 Å². The van der Waals surface area contributed by atoms with Gasteiger partial charge in [-0.05, 0) is 74.7 Å². The summed E-state index contributed by atoms with van der Waals surface area (Å²) in [6, 6.07) is 15.9. The van der Waals surface area contributed by atoms with Crippen molar-refractivity contribution in [2.45, 2.75) is 32.2 Å². The molecule has 3 rings (SSSR count). The third-order valence-electron chi connectivity index (χ3n) is 5.02. The van der Waals surface area contributed by atoms with Crippen molar-refractivity contribution in [3.8, 4) is 0 Å². The third-order valence-corrected chi connectivity index (χ3v) is 5.02. The van der Waals surface area contributed by atoms with E-state index in [0.717, 1.165) is 30.2 Å². The van der Waals surface area contributed by atoms with E-state index in [-0.39, 0.29) is 11.9 Å². The molecule has 144 valence electrons.